The Balaban J connectivity index is 2.75. The molecule has 5 nitrogen and oxygen atoms in total. The minimum atomic E-state index is 0.00590. The summed E-state index contributed by atoms with van der Waals surface area (Å²) >= 11 is 0. The van der Waals surface area contributed by atoms with Crippen molar-refractivity contribution in [1.82, 2.24) is 10.6 Å². The van der Waals surface area contributed by atoms with Crippen molar-refractivity contribution in [2.75, 3.05) is 45.8 Å². The molecular weight excluding hydrogens is 254 g/mol. The van der Waals surface area contributed by atoms with Crippen LogP contribution in [0.25, 0.3) is 0 Å². The van der Waals surface area contributed by atoms with E-state index in [1.165, 1.54) is 11.1 Å². The lowest BCUT2D eigenvalue weighted by molar-refractivity contribution is -0.119. The summed E-state index contributed by atoms with van der Waals surface area (Å²) in [4.78, 5) is 13.5. The van der Waals surface area contributed by atoms with E-state index < -0.39 is 0 Å². The van der Waals surface area contributed by atoms with Gasteiger partial charge in [0.2, 0.25) is 5.91 Å². The van der Waals surface area contributed by atoms with Gasteiger partial charge in [0.15, 0.2) is 0 Å². The molecule has 0 spiro atoms. The lowest BCUT2D eigenvalue weighted by atomic mass is 10.1. The molecule has 0 radical (unpaired) electrons. The maximum absolute atomic E-state index is 11.5. The van der Waals surface area contributed by atoms with Gasteiger partial charge in [-0.25, -0.2) is 0 Å². The molecule has 0 aliphatic carbocycles. The third-order valence-electron chi connectivity index (χ3n) is 3.10. The largest absolute Gasteiger partial charge is 0.383 e. The zero-order chi connectivity index (χ0) is 15.0. The average Bonchev–Trinajstić information content (AvgIpc) is 2.43. The number of anilines is 1. The Kier molecular flexibility index (Phi) is 7.04. The monoisotopic (exact) mass is 279 g/mol. The maximum atomic E-state index is 11.5. The molecule has 5 heteroatoms. The van der Waals surface area contributed by atoms with Gasteiger partial charge in [-0.05, 0) is 18.6 Å². The molecule has 2 N–H and O–H groups in total. The Labute approximate surface area is 121 Å². The summed E-state index contributed by atoms with van der Waals surface area (Å²) in [7, 11) is 5.27. The highest BCUT2D eigenvalue weighted by molar-refractivity contribution is 5.81. The molecule has 1 amide bonds. The van der Waals surface area contributed by atoms with E-state index in [0.29, 0.717) is 13.2 Å². The van der Waals surface area contributed by atoms with Crippen molar-refractivity contribution in [1.29, 1.82) is 0 Å². The molecule has 0 aromatic heterocycles. The topological polar surface area (TPSA) is 53.6 Å². The molecule has 0 saturated heterocycles. The van der Waals surface area contributed by atoms with Crippen LogP contribution in [0.3, 0.4) is 0 Å². The van der Waals surface area contributed by atoms with Gasteiger partial charge < -0.3 is 20.3 Å². The van der Waals surface area contributed by atoms with Gasteiger partial charge in [0.05, 0.1) is 13.2 Å². The number of nitrogens with zero attached hydrogens (tertiary/aromatic N) is 1. The summed E-state index contributed by atoms with van der Waals surface area (Å²) in [5.74, 6) is 0.00590. The molecule has 0 saturated carbocycles. The summed E-state index contributed by atoms with van der Waals surface area (Å²) in [6.07, 6.45) is 0. The molecule has 1 rings (SSSR count). The van der Waals surface area contributed by atoms with Gasteiger partial charge in [-0.15, -0.1) is 0 Å². The number of carbonyl (C=O) groups is 1. The van der Waals surface area contributed by atoms with Crippen LogP contribution in [0, 0.1) is 6.92 Å². The first-order valence-electron chi connectivity index (χ1n) is 6.79. The molecule has 0 aliphatic rings. The highest BCUT2D eigenvalue weighted by Crippen LogP contribution is 2.20. The number of carbonyl (C=O) groups excluding carboxylic acids is 1. The van der Waals surface area contributed by atoms with Crippen molar-refractivity contribution in [2.24, 2.45) is 0 Å². The number of aryl methyl sites for hydroxylation is 1. The molecule has 0 bridgehead atoms. The molecule has 1 aromatic rings. The van der Waals surface area contributed by atoms with E-state index in [2.05, 4.69) is 35.8 Å². The van der Waals surface area contributed by atoms with Crippen molar-refractivity contribution < 1.29 is 9.53 Å². The number of methoxy groups -OCH3 is 1. The smallest absolute Gasteiger partial charge is 0.239 e. The summed E-state index contributed by atoms with van der Waals surface area (Å²) in [6.45, 7) is 4.68. The first-order chi connectivity index (χ1) is 9.58. The van der Waals surface area contributed by atoms with Crippen molar-refractivity contribution in [3.05, 3.63) is 29.3 Å². The van der Waals surface area contributed by atoms with E-state index in [9.17, 15) is 4.79 Å². The fraction of sp³-hybridized carbons (Fsp3) is 0.533. The van der Waals surface area contributed by atoms with Crippen molar-refractivity contribution in [3.63, 3.8) is 0 Å². The predicted molar refractivity (Wildman–Crippen MR) is 82.1 cm³/mol. The Morgan fingerprint density at radius 2 is 2.15 bits per heavy atom. The van der Waals surface area contributed by atoms with Crippen LogP contribution in [0.5, 0.6) is 0 Å². The van der Waals surface area contributed by atoms with Crippen molar-refractivity contribution in [2.45, 2.75) is 13.5 Å². The number of rotatable bonds is 8. The van der Waals surface area contributed by atoms with E-state index in [0.717, 1.165) is 18.8 Å². The Hall–Kier alpha value is -1.59. The van der Waals surface area contributed by atoms with Crippen LogP contribution in [0.15, 0.2) is 18.2 Å². The minimum Gasteiger partial charge on any atom is -0.383 e. The number of likely N-dealkylation sites (N-methyl/N-ethyl adjacent to an activating group) is 2. The number of amides is 1. The second-order valence-corrected chi connectivity index (χ2v) is 4.83. The summed E-state index contributed by atoms with van der Waals surface area (Å²) in [6, 6.07) is 6.27. The molecule has 1 aromatic carbocycles. The molecule has 0 aliphatic heterocycles. The zero-order valence-electron chi connectivity index (χ0n) is 12.8. The zero-order valence-corrected chi connectivity index (χ0v) is 12.8. The van der Waals surface area contributed by atoms with Gasteiger partial charge in [-0.2, -0.15) is 0 Å². The lowest BCUT2D eigenvalue weighted by Gasteiger charge is -2.22. The van der Waals surface area contributed by atoms with Crippen LogP contribution in [0.4, 0.5) is 5.69 Å². The first-order valence-corrected chi connectivity index (χ1v) is 6.79. The van der Waals surface area contributed by atoms with E-state index in [-0.39, 0.29) is 5.91 Å². The van der Waals surface area contributed by atoms with Gasteiger partial charge >= 0.3 is 0 Å². The second kappa shape index (κ2) is 8.55. The minimum absolute atomic E-state index is 0.00590. The Bertz CT molecular complexity index is 435. The number of nitrogens with one attached hydrogen (secondary N) is 2. The molecule has 0 atom stereocenters. The SMILES string of the molecule is CNC(=O)CN(C)c1ccc(C)cc1CNCCOC. The third kappa shape index (κ3) is 5.19. The van der Waals surface area contributed by atoms with Crippen molar-refractivity contribution in [3.8, 4) is 0 Å². The van der Waals surface area contributed by atoms with Gasteiger partial charge in [0.25, 0.3) is 0 Å². The van der Waals surface area contributed by atoms with Gasteiger partial charge in [0, 0.05) is 40.0 Å². The fourth-order valence-corrected chi connectivity index (χ4v) is 2.01. The quantitative estimate of drug-likeness (QED) is 0.695. The highest BCUT2D eigenvalue weighted by Gasteiger charge is 2.10. The van der Waals surface area contributed by atoms with Crippen LogP contribution < -0.4 is 15.5 Å². The Morgan fingerprint density at radius 1 is 1.40 bits per heavy atom. The maximum Gasteiger partial charge on any atom is 0.239 e. The van der Waals surface area contributed by atoms with Crippen LogP contribution in [-0.4, -0.2) is 46.8 Å². The Morgan fingerprint density at radius 3 is 2.80 bits per heavy atom. The van der Waals surface area contributed by atoms with Gasteiger partial charge in [0.1, 0.15) is 0 Å². The third-order valence-corrected chi connectivity index (χ3v) is 3.10. The van der Waals surface area contributed by atoms with Gasteiger partial charge in [-0.1, -0.05) is 17.7 Å². The van der Waals surface area contributed by atoms with Crippen LogP contribution in [-0.2, 0) is 16.1 Å². The number of hydrogen-bond donors (Lipinski definition) is 2. The van der Waals surface area contributed by atoms with Gasteiger partial charge in [-0.3, -0.25) is 4.79 Å². The van der Waals surface area contributed by atoms with E-state index in [4.69, 9.17) is 4.74 Å². The lowest BCUT2D eigenvalue weighted by Crippen LogP contribution is -2.33. The number of benzene rings is 1. The molecule has 0 unspecified atom stereocenters. The number of hydrogen-bond acceptors (Lipinski definition) is 4. The molecule has 20 heavy (non-hydrogen) atoms. The highest BCUT2D eigenvalue weighted by atomic mass is 16.5. The summed E-state index contributed by atoms with van der Waals surface area (Å²) < 4.78 is 5.02. The standard InChI is InChI=1S/C15H25N3O2/c1-12-5-6-14(18(3)11-15(19)16-2)13(9-12)10-17-7-8-20-4/h5-6,9,17H,7-8,10-11H2,1-4H3,(H,16,19). The van der Waals surface area contributed by atoms with E-state index >= 15 is 0 Å². The molecular formula is C15H25N3O2. The average molecular weight is 279 g/mol. The molecule has 112 valence electrons. The molecule has 0 fully saturated rings. The summed E-state index contributed by atoms with van der Waals surface area (Å²) in [5.41, 5.74) is 3.47. The van der Waals surface area contributed by atoms with E-state index in [1.54, 1.807) is 14.2 Å². The van der Waals surface area contributed by atoms with Crippen molar-refractivity contribution >= 4 is 11.6 Å². The predicted octanol–water partition coefficient (Wildman–Crippen LogP) is 0.913. The first kappa shape index (κ1) is 16.5. The van der Waals surface area contributed by atoms with E-state index in [1.807, 2.05) is 11.9 Å². The van der Waals surface area contributed by atoms with Crippen LogP contribution >= 0.6 is 0 Å². The van der Waals surface area contributed by atoms with Crippen LogP contribution in [0.1, 0.15) is 11.1 Å². The van der Waals surface area contributed by atoms with Crippen LogP contribution in [0.2, 0.25) is 0 Å². The normalized spacial score (nSPS) is 10.4. The summed E-state index contributed by atoms with van der Waals surface area (Å²) in [5, 5.41) is 5.98. The fourth-order valence-electron chi connectivity index (χ4n) is 2.01. The second-order valence-electron chi connectivity index (χ2n) is 4.83. The number of ether oxygens (including phenoxy) is 1. The molecule has 0 heterocycles.